The van der Waals surface area contributed by atoms with Crippen molar-refractivity contribution in [1.29, 1.82) is 0 Å². The van der Waals surface area contributed by atoms with Crippen LogP contribution in [0.2, 0.25) is 0 Å². The van der Waals surface area contributed by atoms with Crippen LogP contribution >= 0.6 is 28.1 Å². The van der Waals surface area contributed by atoms with E-state index in [0.29, 0.717) is 9.37 Å². The zero-order valence-electron chi connectivity index (χ0n) is 4.27. The van der Waals surface area contributed by atoms with Gasteiger partial charge in [0, 0.05) is 6.07 Å². The number of aromatic nitrogens is 2. The molecule has 1 aromatic rings. The average molecular weight is 207 g/mol. The van der Waals surface area contributed by atoms with Crippen LogP contribution < -0.4 is 5.56 Å². The summed E-state index contributed by atoms with van der Waals surface area (Å²) < 4.78 is 0.922. The van der Waals surface area contributed by atoms with E-state index < -0.39 is 0 Å². The number of nitrogens with one attached hydrogen (secondary N) is 2. The minimum absolute atomic E-state index is 0.203. The monoisotopic (exact) mass is 206 g/mol. The van der Waals surface area contributed by atoms with Crippen LogP contribution in [0.5, 0.6) is 0 Å². The zero-order valence-corrected chi connectivity index (χ0v) is 6.67. The van der Waals surface area contributed by atoms with E-state index >= 15 is 0 Å². The van der Waals surface area contributed by atoms with Gasteiger partial charge in [-0.05, 0) is 28.1 Å². The van der Waals surface area contributed by atoms with Crippen molar-refractivity contribution in [1.82, 2.24) is 9.97 Å². The number of hydrogen-bond acceptors (Lipinski definition) is 2. The maximum Gasteiger partial charge on any atom is 0.252 e. The van der Waals surface area contributed by atoms with Crippen LogP contribution in [0.3, 0.4) is 0 Å². The molecule has 0 bridgehead atoms. The van der Waals surface area contributed by atoms with Crippen LogP contribution in [0.1, 0.15) is 0 Å². The fourth-order valence-electron chi connectivity index (χ4n) is 0.439. The number of rotatable bonds is 0. The average Bonchev–Trinajstić information content (AvgIpc) is 1.59. The standard InChI is InChI=1S/C4H3BrN2OS/c5-2-1-3(8)7-4(9)6-2/h1H,(H2,6,7,8,9). The van der Waals surface area contributed by atoms with Gasteiger partial charge in [0.1, 0.15) is 0 Å². The molecular formula is C4H3BrN2OS. The van der Waals surface area contributed by atoms with E-state index in [-0.39, 0.29) is 5.56 Å². The van der Waals surface area contributed by atoms with Gasteiger partial charge in [-0.3, -0.25) is 9.78 Å². The van der Waals surface area contributed by atoms with E-state index in [0.717, 1.165) is 0 Å². The quantitative estimate of drug-likeness (QED) is 0.496. The summed E-state index contributed by atoms with van der Waals surface area (Å²) in [4.78, 5) is 15.6. The molecular weight excluding hydrogens is 204 g/mol. The lowest BCUT2D eigenvalue weighted by Gasteiger charge is -1.85. The summed E-state index contributed by atoms with van der Waals surface area (Å²) in [7, 11) is 0. The summed E-state index contributed by atoms with van der Waals surface area (Å²) in [6, 6.07) is 1.37. The first kappa shape index (κ1) is 6.70. The number of aromatic amines is 2. The van der Waals surface area contributed by atoms with E-state index in [2.05, 4.69) is 38.1 Å². The van der Waals surface area contributed by atoms with Crippen molar-refractivity contribution in [3.8, 4) is 0 Å². The van der Waals surface area contributed by atoms with Gasteiger partial charge >= 0.3 is 0 Å². The van der Waals surface area contributed by atoms with Crippen LogP contribution in [0, 0.1) is 4.77 Å². The maximum atomic E-state index is 10.5. The lowest BCUT2D eigenvalue weighted by atomic mass is 10.7. The van der Waals surface area contributed by atoms with Crippen LogP contribution in [-0.4, -0.2) is 9.97 Å². The smallest absolute Gasteiger partial charge is 0.252 e. The molecule has 0 aliphatic rings. The molecule has 2 N–H and O–H groups in total. The number of hydrogen-bond donors (Lipinski definition) is 2. The van der Waals surface area contributed by atoms with Crippen LogP contribution in [-0.2, 0) is 0 Å². The molecule has 48 valence electrons. The Kier molecular flexibility index (Phi) is 1.82. The highest BCUT2D eigenvalue weighted by Crippen LogP contribution is 1.97. The van der Waals surface area contributed by atoms with Gasteiger partial charge < -0.3 is 4.98 Å². The normalized spacial score (nSPS) is 9.44. The molecule has 1 heterocycles. The molecule has 9 heavy (non-hydrogen) atoms. The fourth-order valence-corrected chi connectivity index (χ4v) is 1.19. The minimum Gasteiger partial charge on any atom is -0.326 e. The van der Waals surface area contributed by atoms with Crippen molar-refractivity contribution < 1.29 is 0 Å². The fraction of sp³-hybridized carbons (Fsp3) is 0. The van der Waals surface area contributed by atoms with Crippen LogP contribution in [0.4, 0.5) is 0 Å². The van der Waals surface area contributed by atoms with Crippen molar-refractivity contribution in [2.24, 2.45) is 0 Å². The Morgan fingerprint density at radius 1 is 1.56 bits per heavy atom. The summed E-state index contributed by atoms with van der Waals surface area (Å²) >= 11 is 7.72. The van der Waals surface area contributed by atoms with Gasteiger partial charge in [0.2, 0.25) is 0 Å². The van der Waals surface area contributed by atoms with Crippen molar-refractivity contribution in [2.45, 2.75) is 0 Å². The van der Waals surface area contributed by atoms with E-state index in [4.69, 9.17) is 0 Å². The Hall–Kier alpha value is -0.420. The molecule has 0 amide bonds. The molecule has 0 aliphatic heterocycles. The second kappa shape index (κ2) is 2.45. The topological polar surface area (TPSA) is 48.6 Å². The molecule has 0 saturated heterocycles. The molecule has 5 heteroatoms. The first-order valence-electron chi connectivity index (χ1n) is 2.17. The largest absolute Gasteiger partial charge is 0.326 e. The Morgan fingerprint density at radius 2 is 2.22 bits per heavy atom. The minimum atomic E-state index is -0.203. The highest BCUT2D eigenvalue weighted by Gasteiger charge is 1.85. The van der Waals surface area contributed by atoms with E-state index in [9.17, 15) is 4.79 Å². The molecule has 0 aromatic carbocycles. The Balaban J connectivity index is 3.52. The first-order chi connectivity index (χ1) is 4.18. The number of H-pyrrole nitrogens is 2. The molecule has 0 fully saturated rings. The molecule has 0 unspecified atom stereocenters. The summed E-state index contributed by atoms with van der Waals surface area (Å²) in [6.07, 6.45) is 0. The summed E-state index contributed by atoms with van der Waals surface area (Å²) in [5, 5.41) is 0. The SMILES string of the molecule is O=c1cc(Br)[nH]c(=S)[nH]1. The third kappa shape index (κ3) is 1.76. The lowest BCUT2D eigenvalue weighted by Crippen LogP contribution is -2.04. The van der Waals surface area contributed by atoms with E-state index in [1.165, 1.54) is 6.07 Å². The van der Waals surface area contributed by atoms with Crippen LogP contribution in [0.25, 0.3) is 0 Å². The van der Waals surface area contributed by atoms with Crippen LogP contribution in [0.15, 0.2) is 15.5 Å². The molecule has 0 radical (unpaired) electrons. The summed E-state index contributed by atoms with van der Waals surface area (Å²) in [6.45, 7) is 0. The van der Waals surface area contributed by atoms with Gasteiger partial charge in [-0.25, -0.2) is 0 Å². The predicted molar refractivity (Wildman–Crippen MR) is 39.9 cm³/mol. The molecule has 0 aliphatic carbocycles. The second-order valence-electron chi connectivity index (χ2n) is 1.44. The van der Waals surface area contributed by atoms with Crippen molar-refractivity contribution in [2.75, 3.05) is 0 Å². The Bertz CT molecular complexity index is 287. The van der Waals surface area contributed by atoms with Crippen molar-refractivity contribution in [3.63, 3.8) is 0 Å². The molecule has 3 nitrogen and oxygen atoms in total. The van der Waals surface area contributed by atoms with Crippen molar-refractivity contribution in [3.05, 3.63) is 25.8 Å². The van der Waals surface area contributed by atoms with E-state index in [1.807, 2.05) is 0 Å². The Morgan fingerprint density at radius 3 is 2.67 bits per heavy atom. The third-order valence-electron chi connectivity index (χ3n) is 0.727. The molecule has 0 saturated carbocycles. The highest BCUT2D eigenvalue weighted by molar-refractivity contribution is 9.10. The first-order valence-corrected chi connectivity index (χ1v) is 3.38. The van der Waals surface area contributed by atoms with E-state index in [1.54, 1.807) is 0 Å². The zero-order chi connectivity index (χ0) is 6.85. The second-order valence-corrected chi connectivity index (χ2v) is 2.70. The third-order valence-corrected chi connectivity index (χ3v) is 1.36. The molecule has 1 rings (SSSR count). The van der Waals surface area contributed by atoms with Gasteiger partial charge in [0.05, 0.1) is 4.60 Å². The van der Waals surface area contributed by atoms with Gasteiger partial charge in [0.25, 0.3) is 5.56 Å². The molecule has 0 spiro atoms. The summed E-state index contributed by atoms with van der Waals surface area (Å²) in [5.41, 5.74) is -0.203. The predicted octanol–water partition coefficient (Wildman–Crippen LogP) is 1.19. The highest BCUT2D eigenvalue weighted by atomic mass is 79.9. The van der Waals surface area contributed by atoms with Gasteiger partial charge in [-0.2, -0.15) is 0 Å². The lowest BCUT2D eigenvalue weighted by molar-refractivity contribution is 1.06. The van der Waals surface area contributed by atoms with Gasteiger partial charge in [-0.15, -0.1) is 0 Å². The maximum absolute atomic E-state index is 10.5. The Labute approximate surface area is 64.3 Å². The molecule has 0 atom stereocenters. The summed E-state index contributed by atoms with van der Waals surface area (Å²) in [5.74, 6) is 0. The number of halogens is 1. The van der Waals surface area contributed by atoms with Gasteiger partial charge in [0.15, 0.2) is 4.77 Å². The molecule has 1 aromatic heterocycles. The van der Waals surface area contributed by atoms with Crippen molar-refractivity contribution >= 4 is 28.1 Å². The van der Waals surface area contributed by atoms with Gasteiger partial charge in [-0.1, -0.05) is 0 Å².